The van der Waals surface area contributed by atoms with Crippen molar-refractivity contribution in [3.63, 3.8) is 0 Å². The third-order valence-electron chi connectivity index (χ3n) is 1.73. The summed E-state index contributed by atoms with van der Waals surface area (Å²) in [6.45, 7) is 0. The second-order valence-corrected chi connectivity index (χ2v) is 5.34. The Kier molecular flexibility index (Phi) is 2.92. The fraction of sp³-hybridized carbons (Fsp3) is 0.125. The van der Waals surface area contributed by atoms with Crippen LogP contribution in [-0.4, -0.2) is 25.7 Å². The molecule has 7 heteroatoms. The molecule has 3 N–H and O–H groups in total. The first-order valence-corrected chi connectivity index (χ1v) is 6.03. The van der Waals surface area contributed by atoms with E-state index in [1.54, 1.807) is 0 Å². The number of carbonyl (C=O) groups is 1. The van der Waals surface area contributed by atoms with E-state index in [1.165, 1.54) is 0 Å². The zero-order chi connectivity index (χ0) is 11.8. The molecule has 1 aromatic rings. The van der Waals surface area contributed by atoms with Gasteiger partial charge in [0, 0.05) is 11.9 Å². The Morgan fingerprint density at radius 3 is 2.40 bits per heavy atom. The van der Waals surface area contributed by atoms with Gasteiger partial charge in [-0.3, -0.25) is 0 Å². The van der Waals surface area contributed by atoms with Gasteiger partial charge in [0.15, 0.2) is 9.84 Å². The molecule has 0 aliphatic heterocycles. The van der Waals surface area contributed by atoms with Gasteiger partial charge >= 0.3 is 5.97 Å². The molecule has 82 valence electrons. The van der Waals surface area contributed by atoms with E-state index in [4.69, 9.17) is 22.4 Å². The van der Waals surface area contributed by atoms with Gasteiger partial charge in [-0.15, -0.1) is 0 Å². The zero-order valence-electron chi connectivity index (χ0n) is 7.69. The molecule has 0 aromatic heterocycles. The number of carboxylic acids is 1. The first kappa shape index (κ1) is 11.8. The van der Waals surface area contributed by atoms with Crippen molar-refractivity contribution < 1.29 is 18.3 Å². The lowest BCUT2D eigenvalue weighted by Gasteiger charge is -2.06. The molecule has 1 rings (SSSR count). The summed E-state index contributed by atoms with van der Waals surface area (Å²) in [6, 6.07) is 2.07. The third kappa shape index (κ3) is 2.40. The summed E-state index contributed by atoms with van der Waals surface area (Å²) >= 11 is 5.64. The van der Waals surface area contributed by atoms with Gasteiger partial charge in [-0.05, 0) is 12.1 Å². The number of carboxylic acid groups (broad SMARTS) is 1. The lowest BCUT2D eigenvalue weighted by atomic mass is 10.2. The molecule has 0 bridgehead atoms. The first-order valence-electron chi connectivity index (χ1n) is 3.76. The summed E-state index contributed by atoms with van der Waals surface area (Å²) in [4.78, 5) is 10.5. The lowest BCUT2D eigenvalue weighted by Crippen LogP contribution is -2.06. The second kappa shape index (κ2) is 3.71. The van der Waals surface area contributed by atoms with Crippen LogP contribution in [0.5, 0.6) is 0 Å². The van der Waals surface area contributed by atoms with Gasteiger partial charge in [0.2, 0.25) is 0 Å². The maximum Gasteiger partial charge on any atom is 0.337 e. The molecule has 5 nitrogen and oxygen atoms in total. The molecule has 0 amide bonds. The van der Waals surface area contributed by atoms with E-state index in [1.807, 2.05) is 0 Å². The van der Waals surface area contributed by atoms with E-state index in [-0.39, 0.29) is 21.2 Å². The number of nitrogen functional groups attached to an aromatic ring is 1. The molecular weight excluding hydrogens is 242 g/mol. The summed E-state index contributed by atoms with van der Waals surface area (Å²) < 4.78 is 22.4. The molecule has 15 heavy (non-hydrogen) atoms. The Morgan fingerprint density at radius 2 is 2.00 bits per heavy atom. The van der Waals surface area contributed by atoms with Crippen molar-refractivity contribution in [2.75, 3.05) is 12.0 Å². The summed E-state index contributed by atoms with van der Waals surface area (Å²) in [6.07, 6.45) is 0.941. The number of anilines is 1. The SMILES string of the molecule is CS(=O)(=O)c1cc(C(=O)O)c(N)cc1Cl. The van der Waals surface area contributed by atoms with E-state index in [0.717, 1.165) is 18.4 Å². The normalized spacial score (nSPS) is 11.3. The molecule has 0 unspecified atom stereocenters. The van der Waals surface area contributed by atoms with Gasteiger partial charge in [-0.25, -0.2) is 13.2 Å². The number of sulfone groups is 1. The number of aromatic carboxylic acids is 1. The smallest absolute Gasteiger partial charge is 0.337 e. The molecule has 0 saturated heterocycles. The molecule has 0 fully saturated rings. The van der Waals surface area contributed by atoms with E-state index < -0.39 is 15.8 Å². The van der Waals surface area contributed by atoms with Gasteiger partial charge in [0.05, 0.1) is 15.5 Å². The second-order valence-electron chi connectivity index (χ2n) is 2.95. The topological polar surface area (TPSA) is 97.5 Å². The van der Waals surface area contributed by atoms with Crippen molar-refractivity contribution in [1.82, 2.24) is 0 Å². The van der Waals surface area contributed by atoms with Crippen LogP contribution >= 0.6 is 11.6 Å². The minimum absolute atomic E-state index is 0.0695. The summed E-state index contributed by atoms with van der Waals surface area (Å²) in [7, 11) is -3.56. The van der Waals surface area contributed by atoms with Gasteiger partial charge in [0.1, 0.15) is 0 Å². The standard InChI is InChI=1S/C8H8ClNO4S/c1-15(13,14)7-2-4(8(11)12)6(10)3-5(7)9/h2-3H,10H2,1H3,(H,11,12). The first-order chi connectivity index (χ1) is 6.73. The molecule has 1 aromatic carbocycles. The number of benzene rings is 1. The molecular formula is C8H8ClNO4S. The van der Waals surface area contributed by atoms with Crippen LogP contribution in [-0.2, 0) is 9.84 Å². The van der Waals surface area contributed by atoms with E-state index in [0.29, 0.717) is 0 Å². The van der Waals surface area contributed by atoms with Crippen molar-refractivity contribution in [1.29, 1.82) is 0 Å². The monoisotopic (exact) mass is 249 g/mol. The van der Waals surface area contributed by atoms with Crippen LogP contribution in [0.2, 0.25) is 5.02 Å². The molecule has 0 radical (unpaired) electrons. The van der Waals surface area contributed by atoms with Crippen LogP contribution in [0.15, 0.2) is 17.0 Å². The Morgan fingerprint density at radius 1 is 1.47 bits per heavy atom. The minimum atomic E-state index is -3.56. The van der Waals surface area contributed by atoms with Gasteiger partial charge in [0.25, 0.3) is 0 Å². The fourth-order valence-corrected chi connectivity index (χ4v) is 2.38. The molecule has 0 saturated carbocycles. The molecule has 0 aliphatic rings. The van der Waals surface area contributed by atoms with Crippen molar-refractivity contribution in [2.45, 2.75) is 4.90 Å². The highest BCUT2D eigenvalue weighted by Gasteiger charge is 2.18. The molecule has 0 atom stereocenters. The minimum Gasteiger partial charge on any atom is -0.478 e. The van der Waals surface area contributed by atoms with Crippen LogP contribution in [0, 0.1) is 0 Å². The summed E-state index contributed by atoms with van der Waals surface area (Å²) in [5.74, 6) is -1.30. The highest BCUT2D eigenvalue weighted by molar-refractivity contribution is 7.90. The average molecular weight is 250 g/mol. The lowest BCUT2D eigenvalue weighted by molar-refractivity contribution is 0.0698. The summed E-state index contributed by atoms with van der Waals surface area (Å²) in [5, 5.41) is 8.65. The number of hydrogen-bond donors (Lipinski definition) is 2. The molecule has 0 spiro atoms. The Balaban J connectivity index is 3.58. The Hall–Kier alpha value is -1.27. The van der Waals surface area contributed by atoms with E-state index in [9.17, 15) is 13.2 Å². The fourth-order valence-electron chi connectivity index (χ4n) is 1.04. The maximum atomic E-state index is 11.2. The number of rotatable bonds is 2. The van der Waals surface area contributed by atoms with Crippen LogP contribution in [0.25, 0.3) is 0 Å². The van der Waals surface area contributed by atoms with Crippen LogP contribution in [0.3, 0.4) is 0 Å². The van der Waals surface area contributed by atoms with Crippen LogP contribution in [0.1, 0.15) is 10.4 Å². The Bertz CT molecular complexity index is 524. The number of hydrogen-bond acceptors (Lipinski definition) is 4. The average Bonchev–Trinajstić information content (AvgIpc) is 2.00. The molecule has 0 heterocycles. The number of halogens is 1. The predicted molar refractivity (Wildman–Crippen MR) is 55.9 cm³/mol. The predicted octanol–water partition coefficient (Wildman–Crippen LogP) is 1.02. The quantitative estimate of drug-likeness (QED) is 0.763. The van der Waals surface area contributed by atoms with E-state index in [2.05, 4.69) is 0 Å². The highest BCUT2D eigenvalue weighted by Crippen LogP contribution is 2.27. The maximum absolute atomic E-state index is 11.2. The highest BCUT2D eigenvalue weighted by atomic mass is 35.5. The van der Waals surface area contributed by atoms with Crippen LogP contribution < -0.4 is 5.73 Å². The van der Waals surface area contributed by atoms with Crippen molar-refractivity contribution in [3.05, 3.63) is 22.7 Å². The number of nitrogens with two attached hydrogens (primary N) is 1. The Labute approximate surface area is 91.4 Å². The van der Waals surface area contributed by atoms with E-state index >= 15 is 0 Å². The van der Waals surface area contributed by atoms with Gasteiger partial charge in [-0.2, -0.15) is 0 Å². The van der Waals surface area contributed by atoms with Gasteiger partial charge in [-0.1, -0.05) is 11.6 Å². The largest absolute Gasteiger partial charge is 0.478 e. The third-order valence-corrected chi connectivity index (χ3v) is 3.30. The van der Waals surface area contributed by atoms with Crippen molar-refractivity contribution in [3.8, 4) is 0 Å². The zero-order valence-corrected chi connectivity index (χ0v) is 9.26. The summed E-state index contributed by atoms with van der Waals surface area (Å²) in [5.41, 5.74) is 5.03. The van der Waals surface area contributed by atoms with Crippen molar-refractivity contribution in [2.24, 2.45) is 0 Å². The molecule has 0 aliphatic carbocycles. The van der Waals surface area contributed by atoms with Gasteiger partial charge < -0.3 is 10.8 Å². The van der Waals surface area contributed by atoms with Crippen molar-refractivity contribution >= 4 is 33.1 Å². The van der Waals surface area contributed by atoms with Crippen LogP contribution in [0.4, 0.5) is 5.69 Å².